The van der Waals surface area contributed by atoms with Crippen molar-refractivity contribution in [3.05, 3.63) is 280 Å². The van der Waals surface area contributed by atoms with Gasteiger partial charge in [0, 0.05) is 66.7 Å². The molecule has 11 aromatic carbocycles. The number of H-pyrrole nitrogens is 3. The van der Waals surface area contributed by atoms with Crippen molar-refractivity contribution in [1.82, 2.24) is 44.3 Å². The zero-order valence-corrected chi connectivity index (χ0v) is 66.1. The Hall–Kier alpha value is -12.8. The highest BCUT2D eigenvalue weighted by Crippen LogP contribution is 2.46. The largest absolute Gasteiger partial charge is 0.382 e. The van der Waals surface area contributed by atoms with Gasteiger partial charge in [-0.2, -0.15) is 5.10 Å². The molecular weight excluding hydrogens is 1560 g/mol. The van der Waals surface area contributed by atoms with Gasteiger partial charge in [0.05, 0.1) is 77.3 Å². The average Bonchev–Trinajstić information content (AvgIpc) is 0.926. The van der Waals surface area contributed by atoms with Crippen molar-refractivity contribution in [1.29, 1.82) is 0 Å². The van der Waals surface area contributed by atoms with Gasteiger partial charge in [0.2, 0.25) is 36.0 Å². The second kappa shape index (κ2) is 29.3. The van der Waals surface area contributed by atoms with Gasteiger partial charge in [0.15, 0.2) is 5.82 Å². The molecule has 588 valence electrons. The number of amides is 1. The highest BCUT2D eigenvalue weighted by molar-refractivity contribution is 7.93. The molecule has 0 spiro atoms. The second-order valence-corrected chi connectivity index (χ2v) is 36.7. The number of nitrogen functional groups attached to an aromatic ring is 2. The van der Waals surface area contributed by atoms with E-state index in [0.717, 1.165) is 18.2 Å². The molecule has 1 aliphatic heterocycles. The molecule has 1 amide bonds. The Morgan fingerprint density at radius 2 is 0.922 bits per heavy atom. The first-order valence-corrected chi connectivity index (χ1v) is 41.9. The van der Waals surface area contributed by atoms with Gasteiger partial charge in [0.1, 0.15) is 23.3 Å². The molecule has 0 radical (unpaired) electrons. The molecule has 116 heavy (non-hydrogen) atoms. The van der Waals surface area contributed by atoms with E-state index in [1.165, 1.54) is 167 Å². The van der Waals surface area contributed by atoms with E-state index < -0.39 is 95.2 Å². The van der Waals surface area contributed by atoms with Crippen LogP contribution in [0, 0.1) is 17.5 Å². The smallest absolute Gasteiger partial charge is 0.326 e. The number of fused-ring (bicyclic) bond motifs is 3. The zero-order chi connectivity index (χ0) is 82.5. The lowest BCUT2D eigenvalue weighted by atomic mass is 9.87. The van der Waals surface area contributed by atoms with Crippen LogP contribution in [0.4, 0.5) is 36.2 Å². The molecule has 0 atom stereocenters. The molecular formula is C85H72F3N13O11S4. The first-order valence-electron chi connectivity index (χ1n) is 36.0. The summed E-state index contributed by atoms with van der Waals surface area (Å²) in [6.45, 7) is 10.6. The highest BCUT2D eigenvalue weighted by atomic mass is 32.2. The van der Waals surface area contributed by atoms with Gasteiger partial charge in [0.25, 0.3) is 15.6 Å². The molecule has 0 bridgehead atoms. The SMILES string of the molecule is CC(C)(C)NS(=O)(=O)c1cccc(C(C)(C)NS(=O)(=O)c2cccc(C(C)(C)NS(=O)(=O)c3ccccc3-c3cc(F)c(-c4ccc5c(c4)CC(=O)N5)cc3NS(=O)(=O)c3ccccc3-c3ccc(-c4cnc(N)cn4)cc3)c2-c2ccc(-c3ccc4[nH]c(=O)[nH]c(=O)c4c3)c(F)c2)c1-c1ccc(-c2ccc3[nH]nc(N)c3c2)c(F)c1. The van der Waals surface area contributed by atoms with Crippen molar-refractivity contribution in [3.8, 4) is 89.1 Å². The Morgan fingerprint density at radius 1 is 0.422 bits per heavy atom. The first-order chi connectivity index (χ1) is 54.8. The minimum Gasteiger partial charge on any atom is -0.382 e. The molecule has 12 N–H and O–H groups in total. The fourth-order valence-electron chi connectivity index (χ4n) is 14.7. The Morgan fingerprint density at radius 3 is 1.51 bits per heavy atom. The molecule has 0 aliphatic carbocycles. The predicted octanol–water partition coefficient (Wildman–Crippen LogP) is 14.6. The zero-order valence-electron chi connectivity index (χ0n) is 62.8. The number of aromatic nitrogens is 6. The maximum atomic E-state index is 17.5. The van der Waals surface area contributed by atoms with E-state index in [9.17, 15) is 22.8 Å². The van der Waals surface area contributed by atoms with Crippen molar-refractivity contribution < 1.29 is 51.6 Å². The molecule has 0 fully saturated rings. The first kappa shape index (κ1) is 78.5. The van der Waals surface area contributed by atoms with Crippen LogP contribution in [0.1, 0.15) is 65.2 Å². The Bertz CT molecular complexity index is 7060. The molecule has 14 aromatic rings. The second-order valence-electron chi connectivity index (χ2n) is 30.1. The average molecular weight is 1640 g/mol. The van der Waals surface area contributed by atoms with E-state index in [-0.39, 0.29) is 128 Å². The lowest BCUT2D eigenvalue weighted by Crippen LogP contribution is -2.43. The summed E-state index contributed by atoms with van der Waals surface area (Å²) < 4.78 is 187. The van der Waals surface area contributed by atoms with Crippen molar-refractivity contribution in [2.75, 3.05) is 21.5 Å². The van der Waals surface area contributed by atoms with E-state index in [0.29, 0.717) is 44.5 Å². The Kier molecular flexibility index (Phi) is 19.8. The number of nitrogens with two attached hydrogens (primary N) is 2. The molecule has 0 saturated heterocycles. The maximum absolute atomic E-state index is 17.5. The summed E-state index contributed by atoms with van der Waals surface area (Å²) in [5.74, 6) is -2.61. The fourth-order valence-corrected chi connectivity index (χ4v) is 20.9. The Labute approximate surface area is 664 Å². The number of benzene rings is 11. The molecule has 1 aliphatic rings. The molecule has 0 saturated carbocycles. The number of carbonyl (C=O) groups excluding carboxylic acids is 1. The molecule has 24 nitrogen and oxygen atoms in total. The highest BCUT2D eigenvalue weighted by Gasteiger charge is 2.40. The Balaban J connectivity index is 0.846. The maximum Gasteiger partial charge on any atom is 0.326 e. The van der Waals surface area contributed by atoms with Crippen LogP contribution in [-0.2, 0) is 62.4 Å². The van der Waals surface area contributed by atoms with Crippen LogP contribution >= 0.6 is 0 Å². The summed E-state index contributed by atoms with van der Waals surface area (Å²) in [6, 6.07) is 50.3. The van der Waals surface area contributed by atoms with Gasteiger partial charge in [-0.15, -0.1) is 0 Å². The van der Waals surface area contributed by atoms with Crippen molar-refractivity contribution in [2.24, 2.45) is 0 Å². The third kappa shape index (κ3) is 15.3. The minimum atomic E-state index is -5.11. The molecule has 15 rings (SSSR count). The summed E-state index contributed by atoms with van der Waals surface area (Å²) in [4.78, 5) is 49.4. The van der Waals surface area contributed by atoms with Crippen LogP contribution in [0.25, 0.3) is 111 Å². The van der Waals surface area contributed by atoms with E-state index in [1.54, 1.807) is 87.5 Å². The number of hydrogen-bond donors (Lipinski definition) is 10. The fraction of sp³-hybridized carbons (Fsp3) is 0.129. The van der Waals surface area contributed by atoms with Crippen molar-refractivity contribution >= 4 is 90.8 Å². The summed E-state index contributed by atoms with van der Waals surface area (Å²) in [7, 11) is -19.5. The van der Waals surface area contributed by atoms with Crippen LogP contribution in [0.5, 0.6) is 0 Å². The summed E-state index contributed by atoms with van der Waals surface area (Å²) >= 11 is 0. The van der Waals surface area contributed by atoms with Crippen LogP contribution < -0.4 is 46.9 Å². The quantitative estimate of drug-likeness (QED) is 0.0319. The van der Waals surface area contributed by atoms with Gasteiger partial charge in [-0.3, -0.25) is 29.4 Å². The lowest BCUT2D eigenvalue weighted by molar-refractivity contribution is -0.115. The molecule has 4 heterocycles. The van der Waals surface area contributed by atoms with Crippen molar-refractivity contribution in [3.63, 3.8) is 0 Å². The third-order valence-electron chi connectivity index (χ3n) is 19.9. The van der Waals surface area contributed by atoms with Crippen LogP contribution in [0.15, 0.2) is 254 Å². The number of aromatic amines is 3. The molecule has 0 unspecified atom stereocenters. The topological polar surface area (TPSA) is 386 Å². The van der Waals surface area contributed by atoms with E-state index in [1.807, 2.05) is 0 Å². The molecule has 3 aromatic heterocycles. The number of hydrogen-bond acceptors (Lipinski definition) is 16. The van der Waals surface area contributed by atoms with Crippen LogP contribution in [0.3, 0.4) is 0 Å². The number of anilines is 4. The third-order valence-corrected chi connectivity index (χ3v) is 26.5. The monoisotopic (exact) mass is 1640 g/mol. The van der Waals surface area contributed by atoms with E-state index >= 15 is 38.4 Å². The normalized spacial score (nSPS) is 13.0. The summed E-state index contributed by atoms with van der Waals surface area (Å²) in [5.41, 5.74) is 8.32. The van der Waals surface area contributed by atoms with Gasteiger partial charge < -0.3 is 21.8 Å². The van der Waals surface area contributed by atoms with Crippen LogP contribution in [-0.4, -0.2) is 75.3 Å². The summed E-state index contributed by atoms with van der Waals surface area (Å²) in [6.07, 6.45) is 2.86. The number of carbonyl (C=O) groups is 1. The standard InChI is InChI=1S/C85H72F3N13O11S4/c1-83(2,3)99-115(109,110)74-20-12-16-62(78(74)51-26-31-54(64(86)39-51)49-30-35-69-60(37-49)80(90)97-96-69)85(6,7)101-116(111,112)75-21-13-17-63(79(75)52-27-32-55(65(87)40-52)50-29-34-68-61(38-50)81(103)95-82(104)94-68)84(4,5)100-114(107,108)73-19-11-9-15-57(73)59-42-66(88)58(48-28-33-67-53(36-48)41-77(102)93-67)43-70(59)98-113(105,106)72-18-10-8-14-56(72)46-22-24-47(25-23-46)71-44-92-76(89)45-91-71/h8-40,42-45,98-101H,41H2,1-7H3,(H2,89,92)(H,93,102)(H3,90,96,97)(H2,94,95,103,104). The molecule has 31 heteroatoms. The van der Waals surface area contributed by atoms with E-state index in [2.05, 4.69) is 54.3 Å². The van der Waals surface area contributed by atoms with Gasteiger partial charge in [-0.25, -0.2) is 70.8 Å². The number of nitrogens with one attached hydrogen (secondary N) is 8. The number of halogens is 3. The minimum absolute atomic E-state index is 0.00116. The predicted molar refractivity (Wildman–Crippen MR) is 442 cm³/mol. The van der Waals surface area contributed by atoms with Gasteiger partial charge >= 0.3 is 5.69 Å². The van der Waals surface area contributed by atoms with Gasteiger partial charge in [-0.1, -0.05) is 127 Å². The van der Waals surface area contributed by atoms with Crippen LogP contribution in [0.2, 0.25) is 0 Å². The summed E-state index contributed by atoms with van der Waals surface area (Å²) in [5, 5.41) is 10.1. The lowest BCUT2D eigenvalue weighted by Gasteiger charge is -2.33. The number of nitrogens with zero attached hydrogens (tertiary/aromatic N) is 3. The number of sulfonamides is 4. The van der Waals surface area contributed by atoms with E-state index in [4.69, 9.17) is 11.5 Å². The number of rotatable bonds is 21. The van der Waals surface area contributed by atoms with Gasteiger partial charge in [-0.05, 0) is 183 Å². The van der Waals surface area contributed by atoms with Crippen molar-refractivity contribution in [2.45, 2.75) is 91.1 Å².